The lowest BCUT2D eigenvalue weighted by atomic mass is 9.80. The number of nitrogens with zero attached hydrogens (tertiary/aromatic N) is 1. The third-order valence-corrected chi connectivity index (χ3v) is 3.91. The van der Waals surface area contributed by atoms with Gasteiger partial charge in [0.15, 0.2) is 0 Å². The van der Waals surface area contributed by atoms with Gasteiger partial charge in [-0.25, -0.2) is 0 Å². The molecule has 1 atom stereocenters. The average molecular weight is 281 g/mol. The van der Waals surface area contributed by atoms with Crippen LogP contribution in [0.3, 0.4) is 0 Å². The van der Waals surface area contributed by atoms with Crippen LogP contribution in [-0.2, 0) is 14.4 Å². The Morgan fingerprint density at radius 2 is 1.70 bits per heavy atom. The first kappa shape index (κ1) is 16.9. The smallest absolute Gasteiger partial charge is 0.233 e. The van der Waals surface area contributed by atoms with E-state index in [1.807, 2.05) is 41.5 Å². The van der Waals surface area contributed by atoms with E-state index in [-0.39, 0.29) is 34.3 Å². The van der Waals surface area contributed by atoms with E-state index in [0.29, 0.717) is 25.8 Å². The van der Waals surface area contributed by atoms with E-state index < -0.39 is 0 Å². The molecule has 0 aromatic rings. The van der Waals surface area contributed by atoms with Gasteiger partial charge in [0.1, 0.15) is 5.78 Å². The fourth-order valence-corrected chi connectivity index (χ4v) is 2.37. The molecule has 0 saturated carbocycles. The van der Waals surface area contributed by atoms with Crippen LogP contribution in [0.4, 0.5) is 0 Å². The highest BCUT2D eigenvalue weighted by Crippen LogP contribution is 2.35. The summed E-state index contributed by atoms with van der Waals surface area (Å²) in [6.45, 7) is 12.0. The second kappa shape index (κ2) is 5.66. The monoisotopic (exact) mass is 281 g/mol. The Balaban J connectivity index is 2.56. The van der Waals surface area contributed by atoms with Gasteiger partial charge in [0.2, 0.25) is 11.8 Å². The highest BCUT2D eigenvalue weighted by atomic mass is 16.2. The minimum atomic E-state index is -0.354. The zero-order chi connectivity index (χ0) is 15.7. The SMILES string of the molecule is CC(C)(C)C(=O)CCCN1C(=O)CC(C(C)(C)C)C1=O. The van der Waals surface area contributed by atoms with E-state index in [4.69, 9.17) is 0 Å². The predicted molar refractivity (Wildman–Crippen MR) is 78.0 cm³/mol. The average Bonchev–Trinajstić information content (AvgIpc) is 2.54. The zero-order valence-corrected chi connectivity index (χ0v) is 13.6. The molecule has 0 bridgehead atoms. The van der Waals surface area contributed by atoms with Crippen LogP contribution < -0.4 is 0 Å². The Labute approximate surface area is 121 Å². The lowest BCUT2D eigenvalue weighted by Gasteiger charge is -2.25. The number of hydrogen-bond acceptors (Lipinski definition) is 3. The molecule has 0 radical (unpaired) electrons. The summed E-state index contributed by atoms with van der Waals surface area (Å²) >= 11 is 0. The molecule has 4 nitrogen and oxygen atoms in total. The minimum Gasteiger partial charge on any atom is -0.299 e. The number of imide groups is 1. The molecule has 2 amide bonds. The van der Waals surface area contributed by atoms with Crippen molar-refractivity contribution in [1.29, 1.82) is 0 Å². The maximum atomic E-state index is 12.3. The van der Waals surface area contributed by atoms with Gasteiger partial charge in [-0.1, -0.05) is 41.5 Å². The van der Waals surface area contributed by atoms with Gasteiger partial charge in [-0.15, -0.1) is 0 Å². The summed E-state index contributed by atoms with van der Waals surface area (Å²) in [5.74, 6) is -0.235. The topological polar surface area (TPSA) is 54.5 Å². The Kier molecular flexibility index (Phi) is 4.78. The van der Waals surface area contributed by atoms with E-state index in [1.165, 1.54) is 4.90 Å². The number of hydrogen-bond donors (Lipinski definition) is 0. The van der Waals surface area contributed by atoms with Gasteiger partial charge in [-0.2, -0.15) is 0 Å². The molecule has 1 heterocycles. The second-order valence-electron chi connectivity index (χ2n) is 7.78. The quantitative estimate of drug-likeness (QED) is 0.745. The van der Waals surface area contributed by atoms with E-state index >= 15 is 0 Å². The molecule has 1 aliphatic heterocycles. The van der Waals surface area contributed by atoms with Crippen molar-refractivity contribution in [3.8, 4) is 0 Å². The Hall–Kier alpha value is -1.19. The molecule has 1 saturated heterocycles. The van der Waals surface area contributed by atoms with Crippen LogP contribution >= 0.6 is 0 Å². The van der Waals surface area contributed by atoms with Gasteiger partial charge in [0.25, 0.3) is 0 Å². The maximum Gasteiger partial charge on any atom is 0.233 e. The summed E-state index contributed by atoms with van der Waals surface area (Å²) < 4.78 is 0. The minimum absolute atomic E-state index is 0.0780. The van der Waals surface area contributed by atoms with Crippen LogP contribution in [0, 0.1) is 16.7 Å². The van der Waals surface area contributed by atoms with Crippen LogP contribution in [0.1, 0.15) is 60.8 Å². The third kappa shape index (κ3) is 3.90. The lowest BCUT2D eigenvalue weighted by Crippen LogP contribution is -2.35. The Bertz CT molecular complexity index is 412. The Morgan fingerprint density at radius 1 is 1.15 bits per heavy atom. The van der Waals surface area contributed by atoms with Crippen molar-refractivity contribution >= 4 is 17.6 Å². The standard InChI is InChI=1S/C16H27NO3/c1-15(2,3)11-10-13(19)17(14(11)20)9-7-8-12(18)16(4,5)6/h11H,7-10H2,1-6H3. The maximum absolute atomic E-state index is 12.3. The molecule has 0 aromatic heterocycles. The molecule has 0 aromatic carbocycles. The molecule has 1 unspecified atom stereocenters. The van der Waals surface area contributed by atoms with Gasteiger partial charge < -0.3 is 0 Å². The molecule has 1 aliphatic rings. The molecular weight excluding hydrogens is 254 g/mol. The number of rotatable bonds is 4. The number of Topliss-reactive ketones (excluding diaryl/α,β-unsaturated/α-hetero) is 1. The van der Waals surface area contributed by atoms with E-state index in [9.17, 15) is 14.4 Å². The summed E-state index contributed by atoms with van der Waals surface area (Å²) in [6, 6.07) is 0. The van der Waals surface area contributed by atoms with Crippen molar-refractivity contribution in [2.24, 2.45) is 16.7 Å². The number of likely N-dealkylation sites (tertiary alicyclic amines) is 1. The van der Waals surface area contributed by atoms with Crippen molar-refractivity contribution in [2.45, 2.75) is 60.8 Å². The van der Waals surface area contributed by atoms with Crippen LogP contribution in [0.15, 0.2) is 0 Å². The zero-order valence-electron chi connectivity index (χ0n) is 13.6. The highest BCUT2D eigenvalue weighted by molar-refractivity contribution is 6.03. The van der Waals surface area contributed by atoms with Crippen molar-refractivity contribution in [1.82, 2.24) is 4.90 Å². The number of ketones is 1. The highest BCUT2D eigenvalue weighted by Gasteiger charge is 2.44. The van der Waals surface area contributed by atoms with Gasteiger partial charge >= 0.3 is 0 Å². The van der Waals surface area contributed by atoms with Gasteiger partial charge in [0.05, 0.1) is 5.92 Å². The van der Waals surface area contributed by atoms with Crippen molar-refractivity contribution in [3.05, 3.63) is 0 Å². The fraction of sp³-hybridized carbons (Fsp3) is 0.812. The number of amides is 2. The van der Waals surface area contributed by atoms with Crippen molar-refractivity contribution in [2.75, 3.05) is 6.54 Å². The summed E-state index contributed by atoms with van der Waals surface area (Å²) in [5.41, 5.74) is -0.546. The molecule has 1 rings (SSSR count). The summed E-state index contributed by atoms with van der Waals surface area (Å²) in [6.07, 6.45) is 1.28. The fourth-order valence-electron chi connectivity index (χ4n) is 2.37. The number of carbonyl (C=O) groups is 3. The van der Waals surface area contributed by atoms with Gasteiger partial charge in [0, 0.05) is 24.8 Å². The molecule has 0 spiro atoms. The number of carbonyl (C=O) groups excluding carboxylic acids is 3. The van der Waals surface area contributed by atoms with Crippen LogP contribution in [-0.4, -0.2) is 29.0 Å². The van der Waals surface area contributed by atoms with Crippen LogP contribution in [0.5, 0.6) is 0 Å². The predicted octanol–water partition coefficient (Wildman–Crippen LogP) is 2.80. The first-order valence-corrected chi connectivity index (χ1v) is 7.32. The molecule has 1 fully saturated rings. The Morgan fingerprint density at radius 3 is 2.10 bits per heavy atom. The van der Waals surface area contributed by atoms with Crippen molar-refractivity contribution < 1.29 is 14.4 Å². The molecule has 20 heavy (non-hydrogen) atoms. The van der Waals surface area contributed by atoms with Crippen LogP contribution in [0.2, 0.25) is 0 Å². The van der Waals surface area contributed by atoms with E-state index in [0.717, 1.165) is 0 Å². The lowest BCUT2D eigenvalue weighted by molar-refractivity contribution is -0.140. The molecule has 114 valence electrons. The van der Waals surface area contributed by atoms with Crippen molar-refractivity contribution in [3.63, 3.8) is 0 Å². The molecule has 0 aliphatic carbocycles. The molecule has 4 heteroatoms. The van der Waals surface area contributed by atoms with E-state index in [1.54, 1.807) is 0 Å². The van der Waals surface area contributed by atoms with Gasteiger partial charge in [-0.05, 0) is 11.8 Å². The first-order chi connectivity index (χ1) is 8.94. The molecule has 0 N–H and O–H groups in total. The van der Waals surface area contributed by atoms with Crippen LogP contribution in [0.25, 0.3) is 0 Å². The normalized spacial score (nSPS) is 20.7. The van der Waals surface area contributed by atoms with Gasteiger partial charge in [-0.3, -0.25) is 19.3 Å². The second-order valence-corrected chi connectivity index (χ2v) is 7.78. The largest absolute Gasteiger partial charge is 0.299 e. The summed E-state index contributed by atoms with van der Waals surface area (Å²) in [4.78, 5) is 37.4. The summed E-state index contributed by atoms with van der Waals surface area (Å²) in [7, 11) is 0. The third-order valence-electron chi connectivity index (χ3n) is 3.91. The molecular formula is C16H27NO3. The first-order valence-electron chi connectivity index (χ1n) is 7.32. The van der Waals surface area contributed by atoms with E-state index in [2.05, 4.69) is 0 Å². The summed E-state index contributed by atoms with van der Waals surface area (Å²) in [5, 5.41) is 0.